The standard InChI is InChI=1S/C9H6ClNO2/c10-7-3-1-2-6(4-5-11)8(7)9(12)13/h1-3H,4H2,(H,12,13). The minimum absolute atomic E-state index is 0.0192. The molecule has 0 amide bonds. The van der Waals surface area contributed by atoms with E-state index in [9.17, 15) is 4.79 Å². The molecule has 4 heteroatoms. The largest absolute Gasteiger partial charge is 0.478 e. The van der Waals surface area contributed by atoms with E-state index in [0.29, 0.717) is 5.56 Å². The minimum atomic E-state index is -1.10. The van der Waals surface area contributed by atoms with Gasteiger partial charge in [0.05, 0.1) is 23.1 Å². The molecule has 0 atom stereocenters. The van der Waals surface area contributed by atoms with Crippen molar-refractivity contribution < 1.29 is 9.90 Å². The van der Waals surface area contributed by atoms with Gasteiger partial charge < -0.3 is 5.11 Å². The van der Waals surface area contributed by atoms with Gasteiger partial charge in [0.25, 0.3) is 0 Å². The fraction of sp³-hybridized carbons (Fsp3) is 0.111. The molecule has 0 aliphatic heterocycles. The van der Waals surface area contributed by atoms with Crippen LogP contribution in [0, 0.1) is 11.3 Å². The summed E-state index contributed by atoms with van der Waals surface area (Å²) in [7, 11) is 0. The Labute approximate surface area is 80.2 Å². The van der Waals surface area contributed by atoms with Crippen molar-refractivity contribution in [3.63, 3.8) is 0 Å². The number of nitriles is 1. The topological polar surface area (TPSA) is 61.1 Å². The molecule has 1 aromatic carbocycles. The molecule has 13 heavy (non-hydrogen) atoms. The molecule has 0 heterocycles. The maximum absolute atomic E-state index is 10.7. The first-order valence-corrected chi connectivity index (χ1v) is 3.92. The molecule has 0 radical (unpaired) electrons. The van der Waals surface area contributed by atoms with Gasteiger partial charge in [0, 0.05) is 0 Å². The van der Waals surface area contributed by atoms with E-state index in [1.54, 1.807) is 12.1 Å². The summed E-state index contributed by atoms with van der Waals surface area (Å²) in [5.41, 5.74) is 0.466. The summed E-state index contributed by atoms with van der Waals surface area (Å²) in [5, 5.41) is 17.4. The Hall–Kier alpha value is -1.53. The van der Waals surface area contributed by atoms with Crippen LogP contribution in [0.25, 0.3) is 0 Å². The second kappa shape index (κ2) is 3.92. The van der Waals surface area contributed by atoms with E-state index in [0.717, 1.165) is 0 Å². The van der Waals surface area contributed by atoms with Crippen molar-refractivity contribution in [1.82, 2.24) is 0 Å². The first-order chi connectivity index (χ1) is 6.16. The first kappa shape index (κ1) is 9.56. The van der Waals surface area contributed by atoms with Crippen LogP contribution in [0.3, 0.4) is 0 Å². The summed E-state index contributed by atoms with van der Waals surface area (Å²) < 4.78 is 0. The predicted molar refractivity (Wildman–Crippen MR) is 47.7 cm³/mol. The number of aromatic carboxylic acids is 1. The number of halogens is 1. The Morgan fingerprint density at radius 1 is 1.62 bits per heavy atom. The zero-order chi connectivity index (χ0) is 9.84. The Morgan fingerprint density at radius 3 is 2.85 bits per heavy atom. The molecule has 1 N–H and O–H groups in total. The van der Waals surface area contributed by atoms with Gasteiger partial charge in [-0.15, -0.1) is 0 Å². The summed E-state index contributed by atoms with van der Waals surface area (Å²) in [4.78, 5) is 10.7. The number of hydrogen-bond donors (Lipinski definition) is 1. The van der Waals surface area contributed by atoms with Gasteiger partial charge in [-0.05, 0) is 11.6 Å². The van der Waals surface area contributed by atoms with Crippen molar-refractivity contribution >= 4 is 17.6 Å². The molecule has 3 nitrogen and oxygen atoms in total. The number of carboxylic acids is 1. The Morgan fingerprint density at radius 2 is 2.31 bits per heavy atom. The van der Waals surface area contributed by atoms with Gasteiger partial charge in [-0.25, -0.2) is 4.79 Å². The number of nitrogens with zero attached hydrogens (tertiary/aromatic N) is 1. The predicted octanol–water partition coefficient (Wildman–Crippen LogP) is 2.10. The number of carboxylic acid groups (broad SMARTS) is 1. The van der Waals surface area contributed by atoms with Crippen molar-refractivity contribution in [2.24, 2.45) is 0 Å². The van der Waals surface area contributed by atoms with E-state index in [-0.39, 0.29) is 17.0 Å². The maximum atomic E-state index is 10.7. The third-order valence-electron chi connectivity index (χ3n) is 1.58. The number of rotatable bonds is 2. The highest BCUT2D eigenvalue weighted by molar-refractivity contribution is 6.33. The molecule has 0 unspecified atom stereocenters. The van der Waals surface area contributed by atoms with Crippen LogP contribution in [0.15, 0.2) is 18.2 Å². The van der Waals surface area contributed by atoms with Crippen molar-refractivity contribution in [2.45, 2.75) is 6.42 Å². The molecule has 1 rings (SSSR count). The van der Waals surface area contributed by atoms with Crippen molar-refractivity contribution in [2.75, 3.05) is 0 Å². The summed E-state index contributed by atoms with van der Waals surface area (Å²) in [5.74, 6) is -1.10. The van der Waals surface area contributed by atoms with Gasteiger partial charge in [-0.1, -0.05) is 23.7 Å². The van der Waals surface area contributed by atoms with Crippen LogP contribution in [0.4, 0.5) is 0 Å². The van der Waals surface area contributed by atoms with E-state index in [4.69, 9.17) is 22.0 Å². The fourth-order valence-corrected chi connectivity index (χ4v) is 1.32. The molecule has 0 fully saturated rings. The molecule has 0 aromatic heterocycles. The van der Waals surface area contributed by atoms with Crippen LogP contribution in [0.2, 0.25) is 5.02 Å². The number of hydrogen-bond acceptors (Lipinski definition) is 2. The number of carbonyl (C=O) groups is 1. The van der Waals surface area contributed by atoms with Crippen LogP contribution in [0.1, 0.15) is 15.9 Å². The molecule has 1 aromatic rings. The lowest BCUT2D eigenvalue weighted by atomic mass is 10.1. The SMILES string of the molecule is N#CCc1cccc(Cl)c1C(=O)O. The molecular weight excluding hydrogens is 190 g/mol. The van der Waals surface area contributed by atoms with Gasteiger partial charge >= 0.3 is 5.97 Å². The third-order valence-corrected chi connectivity index (χ3v) is 1.90. The van der Waals surface area contributed by atoms with Crippen LogP contribution in [-0.2, 0) is 6.42 Å². The van der Waals surface area contributed by atoms with Crippen molar-refractivity contribution in [1.29, 1.82) is 5.26 Å². The molecule has 0 bridgehead atoms. The molecule has 0 aliphatic carbocycles. The van der Waals surface area contributed by atoms with Crippen molar-refractivity contribution in [3.05, 3.63) is 34.3 Å². The first-order valence-electron chi connectivity index (χ1n) is 3.54. The Kier molecular flexibility index (Phi) is 2.88. The van der Waals surface area contributed by atoms with Gasteiger partial charge in [0.15, 0.2) is 0 Å². The van der Waals surface area contributed by atoms with E-state index in [1.807, 2.05) is 6.07 Å². The number of benzene rings is 1. The zero-order valence-electron chi connectivity index (χ0n) is 6.62. The molecule has 0 saturated carbocycles. The normalized spacial score (nSPS) is 9.23. The summed E-state index contributed by atoms with van der Waals surface area (Å²) in [6.45, 7) is 0. The van der Waals surface area contributed by atoms with Gasteiger partial charge in [0.1, 0.15) is 0 Å². The van der Waals surface area contributed by atoms with Gasteiger partial charge in [0.2, 0.25) is 0 Å². The lowest BCUT2D eigenvalue weighted by molar-refractivity contribution is 0.0696. The van der Waals surface area contributed by atoms with E-state index < -0.39 is 5.97 Å². The van der Waals surface area contributed by atoms with E-state index in [2.05, 4.69) is 0 Å². The van der Waals surface area contributed by atoms with Gasteiger partial charge in [-0.3, -0.25) is 0 Å². The van der Waals surface area contributed by atoms with E-state index in [1.165, 1.54) is 6.07 Å². The highest BCUT2D eigenvalue weighted by Gasteiger charge is 2.13. The highest BCUT2D eigenvalue weighted by atomic mass is 35.5. The Balaban J connectivity index is 3.27. The van der Waals surface area contributed by atoms with Crippen molar-refractivity contribution in [3.8, 4) is 6.07 Å². The highest BCUT2D eigenvalue weighted by Crippen LogP contribution is 2.20. The zero-order valence-corrected chi connectivity index (χ0v) is 7.38. The smallest absolute Gasteiger partial charge is 0.337 e. The van der Waals surface area contributed by atoms with Crippen LogP contribution < -0.4 is 0 Å². The van der Waals surface area contributed by atoms with Crippen LogP contribution in [-0.4, -0.2) is 11.1 Å². The molecule has 0 spiro atoms. The molecule has 0 aliphatic rings. The fourth-order valence-electron chi connectivity index (χ4n) is 1.04. The second-order valence-electron chi connectivity index (χ2n) is 2.41. The van der Waals surface area contributed by atoms with Gasteiger partial charge in [-0.2, -0.15) is 5.26 Å². The summed E-state index contributed by atoms with van der Waals surface area (Å²) >= 11 is 5.67. The lowest BCUT2D eigenvalue weighted by Crippen LogP contribution is -2.02. The van der Waals surface area contributed by atoms with E-state index >= 15 is 0 Å². The average molecular weight is 196 g/mol. The Bertz CT molecular complexity index is 382. The summed E-state index contributed by atoms with van der Waals surface area (Å²) in [6.07, 6.45) is 0.0577. The monoisotopic (exact) mass is 195 g/mol. The molecular formula is C9H6ClNO2. The second-order valence-corrected chi connectivity index (χ2v) is 2.82. The van der Waals surface area contributed by atoms with Crippen LogP contribution >= 0.6 is 11.6 Å². The molecule has 66 valence electrons. The van der Waals surface area contributed by atoms with Crippen LogP contribution in [0.5, 0.6) is 0 Å². The maximum Gasteiger partial charge on any atom is 0.337 e. The third kappa shape index (κ3) is 1.98. The minimum Gasteiger partial charge on any atom is -0.478 e. The molecule has 0 saturated heterocycles. The lowest BCUT2D eigenvalue weighted by Gasteiger charge is -2.02. The quantitative estimate of drug-likeness (QED) is 0.786. The average Bonchev–Trinajstić information content (AvgIpc) is 2.04. The summed E-state index contributed by atoms with van der Waals surface area (Å²) in [6, 6.07) is 6.58.